The lowest BCUT2D eigenvalue weighted by atomic mass is 10.0. The Morgan fingerprint density at radius 3 is 2.88 bits per heavy atom. The standard InChI is InChI=1S/C18H23N5O2/c19-9-15-4-6-18(7-5-15)25-12-17(24)11-22-8-2-1-3-16(22)10-23-14-20-13-21-23/h4-7,13-14,16-17,24H,1-3,8,10-12H2/t16-,17+/m0/s1. The lowest BCUT2D eigenvalue weighted by Crippen LogP contribution is -2.46. The first-order valence-electron chi connectivity index (χ1n) is 8.62. The lowest BCUT2D eigenvalue weighted by molar-refractivity contribution is 0.0345. The minimum atomic E-state index is -0.563. The van der Waals surface area contributed by atoms with Crippen LogP contribution in [0.4, 0.5) is 0 Å². The van der Waals surface area contributed by atoms with Gasteiger partial charge in [0, 0.05) is 12.6 Å². The largest absolute Gasteiger partial charge is 0.491 e. The third kappa shape index (κ3) is 5.02. The van der Waals surface area contributed by atoms with Crippen molar-refractivity contribution >= 4 is 0 Å². The first kappa shape index (κ1) is 17.4. The summed E-state index contributed by atoms with van der Waals surface area (Å²) in [6.45, 7) is 2.59. The number of nitriles is 1. The molecular formula is C18H23N5O2. The van der Waals surface area contributed by atoms with E-state index in [2.05, 4.69) is 21.1 Å². The summed E-state index contributed by atoms with van der Waals surface area (Å²) in [6.07, 6.45) is 6.17. The minimum absolute atomic E-state index is 0.235. The average Bonchev–Trinajstić information content (AvgIpc) is 3.15. The summed E-state index contributed by atoms with van der Waals surface area (Å²) in [5, 5.41) is 23.3. The van der Waals surface area contributed by atoms with Gasteiger partial charge in [0.15, 0.2) is 0 Å². The number of benzene rings is 1. The first-order chi connectivity index (χ1) is 12.2. The Hall–Kier alpha value is -2.43. The number of piperidine rings is 1. The summed E-state index contributed by atoms with van der Waals surface area (Å²) < 4.78 is 7.49. The molecule has 1 aliphatic heterocycles. The molecule has 0 saturated carbocycles. The Bertz CT molecular complexity index is 680. The molecule has 2 atom stereocenters. The van der Waals surface area contributed by atoms with Crippen LogP contribution < -0.4 is 4.74 Å². The monoisotopic (exact) mass is 341 g/mol. The summed E-state index contributed by atoms with van der Waals surface area (Å²) in [5.41, 5.74) is 0.595. The number of β-amino-alcohol motifs (C(OH)–C–C–N with tert-alkyl or cyclic N) is 1. The highest BCUT2D eigenvalue weighted by Crippen LogP contribution is 2.19. The van der Waals surface area contributed by atoms with Crippen molar-refractivity contribution in [1.82, 2.24) is 19.7 Å². The summed E-state index contributed by atoms with van der Waals surface area (Å²) >= 11 is 0. The van der Waals surface area contributed by atoms with E-state index in [9.17, 15) is 5.11 Å². The quantitative estimate of drug-likeness (QED) is 0.820. The van der Waals surface area contributed by atoms with E-state index in [-0.39, 0.29) is 6.61 Å². The molecule has 3 rings (SSSR count). The van der Waals surface area contributed by atoms with Gasteiger partial charge < -0.3 is 9.84 Å². The van der Waals surface area contributed by atoms with Crippen molar-refractivity contribution in [2.45, 2.75) is 38.0 Å². The molecule has 0 spiro atoms. The maximum atomic E-state index is 10.4. The number of nitrogens with zero attached hydrogens (tertiary/aromatic N) is 5. The first-order valence-corrected chi connectivity index (χ1v) is 8.62. The van der Waals surface area contributed by atoms with Crippen LogP contribution >= 0.6 is 0 Å². The Morgan fingerprint density at radius 1 is 1.32 bits per heavy atom. The van der Waals surface area contributed by atoms with Crippen molar-refractivity contribution in [3.63, 3.8) is 0 Å². The molecule has 1 aromatic carbocycles. The van der Waals surface area contributed by atoms with Crippen LogP contribution in [0.25, 0.3) is 0 Å². The minimum Gasteiger partial charge on any atom is -0.491 e. The van der Waals surface area contributed by atoms with Crippen molar-refractivity contribution < 1.29 is 9.84 Å². The predicted octanol–water partition coefficient (Wildman–Crippen LogP) is 1.44. The molecule has 2 heterocycles. The maximum absolute atomic E-state index is 10.4. The number of aliphatic hydroxyl groups is 1. The summed E-state index contributed by atoms with van der Waals surface area (Å²) in [4.78, 5) is 6.31. The molecule has 2 aromatic rings. The Balaban J connectivity index is 1.49. The molecule has 0 amide bonds. The van der Waals surface area contributed by atoms with Gasteiger partial charge in [-0.15, -0.1) is 0 Å². The van der Waals surface area contributed by atoms with E-state index >= 15 is 0 Å². The molecule has 1 saturated heterocycles. The van der Waals surface area contributed by atoms with E-state index in [4.69, 9.17) is 10.00 Å². The molecule has 0 radical (unpaired) electrons. The van der Waals surface area contributed by atoms with E-state index in [1.54, 1.807) is 36.9 Å². The number of ether oxygens (including phenoxy) is 1. The van der Waals surface area contributed by atoms with Gasteiger partial charge in [-0.3, -0.25) is 9.58 Å². The fraction of sp³-hybridized carbons (Fsp3) is 0.500. The van der Waals surface area contributed by atoms with Crippen LogP contribution in [-0.2, 0) is 6.54 Å². The van der Waals surface area contributed by atoms with Crippen molar-refractivity contribution in [3.05, 3.63) is 42.5 Å². The molecule has 1 fully saturated rings. The summed E-state index contributed by atoms with van der Waals surface area (Å²) in [6, 6.07) is 9.35. The topological polar surface area (TPSA) is 87.2 Å². The molecule has 1 aromatic heterocycles. The smallest absolute Gasteiger partial charge is 0.137 e. The highest BCUT2D eigenvalue weighted by Gasteiger charge is 2.25. The number of hydrogen-bond acceptors (Lipinski definition) is 6. The Labute approximate surface area is 147 Å². The molecule has 1 N–H and O–H groups in total. The molecule has 1 aliphatic rings. The molecule has 0 aliphatic carbocycles. The van der Waals surface area contributed by atoms with Crippen molar-refractivity contribution in [3.8, 4) is 11.8 Å². The SMILES string of the molecule is N#Cc1ccc(OC[C@H](O)CN2CCCC[C@H]2Cn2cncn2)cc1. The van der Waals surface area contributed by atoms with E-state index in [1.807, 2.05) is 4.68 Å². The van der Waals surface area contributed by atoms with Crippen LogP contribution in [0.3, 0.4) is 0 Å². The van der Waals surface area contributed by atoms with Gasteiger partial charge in [-0.1, -0.05) is 6.42 Å². The molecule has 25 heavy (non-hydrogen) atoms. The number of aliphatic hydroxyl groups excluding tert-OH is 1. The second kappa shape index (κ2) is 8.60. The van der Waals surface area contributed by atoms with Gasteiger partial charge in [-0.25, -0.2) is 4.98 Å². The van der Waals surface area contributed by atoms with Crippen LogP contribution in [0.2, 0.25) is 0 Å². The number of hydrogen-bond donors (Lipinski definition) is 1. The van der Waals surface area contributed by atoms with Crippen molar-refractivity contribution in [1.29, 1.82) is 5.26 Å². The van der Waals surface area contributed by atoms with E-state index in [1.165, 1.54) is 6.42 Å². The van der Waals surface area contributed by atoms with Crippen LogP contribution in [0, 0.1) is 11.3 Å². The van der Waals surface area contributed by atoms with Crippen LogP contribution in [0.5, 0.6) is 5.75 Å². The summed E-state index contributed by atoms with van der Waals surface area (Å²) in [5.74, 6) is 0.663. The van der Waals surface area contributed by atoms with Gasteiger partial charge in [-0.05, 0) is 43.7 Å². The zero-order valence-electron chi connectivity index (χ0n) is 14.2. The van der Waals surface area contributed by atoms with Crippen LogP contribution in [0.15, 0.2) is 36.9 Å². The highest BCUT2D eigenvalue weighted by molar-refractivity contribution is 5.34. The van der Waals surface area contributed by atoms with E-state index in [0.717, 1.165) is 25.9 Å². The number of rotatable bonds is 7. The van der Waals surface area contributed by atoms with Gasteiger partial charge in [0.05, 0.1) is 18.2 Å². The Kier molecular flexibility index (Phi) is 5.99. The van der Waals surface area contributed by atoms with Crippen molar-refractivity contribution in [2.24, 2.45) is 0 Å². The molecule has 132 valence electrons. The zero-order chi connectivity index (χ0) is 17.5. The molecular weight excluding hydrogens is 318 g/mol. The van der Waals surface area contributed by atoms with Gasteiger partial charge in [-0.2, -0.15) is 10.4 Å². The van der Waals surface area contributed by atoms with Gasteiger partial charge in [0.2, 0.25) is 0 Å². The number of aromatic nitrogens is 3. The highest BCUT2D eigenvalue weighted by atomic mass is 16.5. The fourth-order valence-corrected chi connectivity index (χ4v) is 3.19. The summed E-state index contributed by atoms with van der Waals surface area (Å²) in [7, 11) is 0. The fourth-order valence-electron chi connectivity index (χ4n) is 3.19. The van der Waals surface area contributed by atoms with Crippen LogP contribution in [0.1, 0.15) is 24.8 Å². The lowest BCUT2D eigenvalue weighted by Gasteiger charge is -2.36. The number of likely N-dealkylation sites (tertiary alicyclic amines) is 1. The van der Waals surface area contributed by atoms with Crippen molar-refractivity contribution in [2.75, 3.05) is 19.7 Å². The maximum Gasteiger partial charge on any atom is 0.137 e. The second-order valence-electron chi connectivity index (χ2n) is 6.36. The van der Waals surface area contributed by atoms with Gasteiger partial charge in [0.25, 0.3) is 0 Å². The Morgan fingerprint density at radius 2 is 2.16 bits per heavy atom. The predicted molar refractivity (Wildman–Crippen MR) is 91.9 cm³/mol. The molecule has 7 nitrogen and oxygen atoms in total. The van der Waals surface area contributed by atoms with E-state index in [0.29, 0.717) is 23.9 Å². The third-order valence-corrected chi connectivity index (χ3v) is 4.48. The molecule has 0 bridgehead atoms. The third-order valence-electron chi connectivity index (χ3n) is 4.48. The van der Waals surface area contributed by atoms with Crippen LogP contribution in [-0.4, -0.2) is 56.6 Å². The average molecular weight is 341 g/mol. The molecule has 7 heteroatoms. The molecule has 0 unspecified atom stereocenters. The van der Waals surface area contributed by atoms with Gasteiger partial charge >= 0.3 is 0 Å². The zero-order valence-corrected chi connectivity index (χ0v) is 14.2. The van der Waals surface area contributed by atoms with Gasteiger partial charge in [0.1, 0.15) is 31.1 Å². The van der Waals surface area contributed by atoms with E-state index < -0.39 is 6.10 Å². The normalized spacial score (nSPS) is 19.3. The second-order valence-corrected chi connectivity index (χ2v) is 6.36.